The van der Waals surface area contributed by atoms with Gasteiger partial charge in [-0.3, -0.25) is 4.79 Å². The smallest absolute Gasteiger partial charge is 0.234 e. The Morgan fingerprint density at radius 3 is 2.62 bits per heavy atom. The Morgan fingerprint density at radius 1 is 1.14 bits per heavy atom. The minimum Gasteiger partial charge on any atom is -0.492 e. The summed E-state index contributed by atoms with van der Waals surface area (Å²) >= 11 is 1.24. The number of thioether (sulfide) groups is 1. The molecule has 1 N–H and O–H groups in total. The van der Waals surface area contributed by atoms with Crippen molar-refractivity contribution in [3.63, 3.8) is 0 Å². The molecule has 1 heterocycles. The van der Waals surface area contributed by atoms with Gasteiger partial charge in [-0.1, -0.05) is 53.7 Å². The van der Waals surface area contributed by atoms with Crippen molar-refractivity contribution in [2.45, 2.75) is 18.9 Å². The number of benzene rings is 2. The maximum absolute atomic E-state index is 12.4. The normalized spacial score (nSPS) is 10.2. The molecule has 3 rings (SSSR count). The first-order valence-corrected chi connectivity index (χ1v) is 10.2. The lowest BCUT2D eigenvalue weighted by Crippen LogP contribution is -2.15. The minimum absolute atomic E-state index is 0.138. The van der Waals surface area contributed by atoms with E-state index in [9.17, 15) is 10.1 Å². The standard InChI is InChI=1S/C23H21N3O2S/c1-3-28-21-7-5-4-6-20(21)25-22(27)15-29-23-18(14-24)12-13-19(26-23)17-10-8-16(2)9-11-17/h4-13H,3,15H2,1-2H3,(H,25,27). The van der Waals surface area contributed by atoms with Crippen molar-refractivity contribution in [2.24, 2.45) is 0 Å². The number of aromatic nitrogens is 1. The SMILES string of the molecule is CCOc1ccccc1NC(=O)CSc1nc(-c2ccc(C)cc2)ccc1C#N. The fraction of sp³-hybridized carbons (Fsp3) is 0.174. The molecule has 3 aromatic rings. The molecule has 0 atom stereocenters. The van der Waals surface area contributed by atoms with Gasteiger partial charge in [-0.2, -0.15) is 5.26 Å². The number of nitriles is 1. The first-order valence-electron chi connectivity index (χ1n) is 9.23. The van der Waals surface area contributed by atoms with Crippen molar-refractivity contribution in [2.75, 3.05) is 17.7 Å². The van der Waals surface area contributed by atoms with Crippen LogP contribution in [0.2, 0.25) is 0 Å². The Labute approximate surface area is 174 Å². The van der Waals surface area contributed by atoms with E-state index in [0.717, 1.165) is 11.3 Å². The summed E-state index contributed by atoms with van der Waals surface area (Å²) in [5, 5.41) is 12.8. The third-order valence-electron chi connectivity index (χ3n) is 4.13. The van der Waals surface area contributed by atoms with Gasteiger partial charge in [-0.15, -0.1) is 0 Å². The van der Waals surface area contributed by atoms with Crippen LogP contribution in [0, 0.1) is 18.3 Å². The zero-order valence-electron chi connectivity index (χ0n) is 16.3. The summed E-state index contributed by atoms with van der Waals surface area (Å²) in [7, 11) is 0. The lowest BCUT2D eigenvalue weighted by molar-refractivity contribution is -0.113. The summed E-state index contributed by atoms with van der Waals surface area (Å²) in [6.45, 7) is 4.44. The topological polar surface area (TPSA) is 75.0 Å². The highest BCUT2D eigenvalue weighted by Gasteiger charge is 2.12. The molecule has 1 amide bonds. The van der Waals surface area contributed by atoms with E-state index in [1.165, 1.54) is 17.3 Å². The molecule has 0 aliphatic carbocycles. The monoisotopic (exact) mass is 403 g/mol. The zero-order valence-corrected chi connectivity index (χ0v) is 17.1. The molecule has 0 unspecified atom stereocenters. The van der Waals surface area contributed by atoms with Crippen LogP contribution < -0.4 is 10.1 Å². The van der Waals surface area contributed by atoms with E-state index < -0.39 is 0 Å². The van der Waals surface area contributed by atoms with Gasteiger partial charge >= 0.3 is 0 Å². The van der Waals surface area contributed by atoms with Gasteiger partial charge in [0.15, 0.2) is 0 Å². The minimum atomic E-state index is -0.186. The largest absolute Gasteiger partial charge is 0.492 e. The first kappa shape index (κ1) is 20.4. The van der Waals surface area contributed by atoms with Gasteiger partial charge in [0.05, 0.1) is 29.3 Å². The number of anilines is 1. The molecule has 0 saturated carbocycles. The summed E-state index contributed by atoms with van der Waals surface area (Å²) in [5.41, 5.74) is 3.99. The molecule has 146 valence electrons. The van der Waals surface area contributed by atoms with E-state index in [0.29, 0.717) is 28.6 Å². The van der Waals surface area contributed by atoms with Gasteiger partial charge in [-0.25, -0.2) is 4.98 Å². The second kappa shape index (κ2) is 9.76. The van der Waals surface area contributed by atoms with Crippen molar-refractivity contribution in [1.29, 1.82) is 5.26 Å². The first-order chi connectivity index (χ1) is 14.1. The number of nitrogens with one attached hydrogen (secondary N) is 1. The highest BCUT2D eigenvalue weighted by molar-refractivity contribution is 8.00. The summed E-state index contributed by atoms with van der Waals surface area (Å²) in [5.74, 6) is 0.582. The maximum Gasteiger partial charge on any atom is 0.234 e. The third kappa shape index (κ3) is 5.37. The number of aryl methyl sites for hydroxylation is 1. The Balaban J connectivity index is 1.72. The molecule has 1 aromatic heterocycles. The molecule has 0 spiro atoms. The van der Waals surface area contributed by atoms with Gasteiger partial charge in [0, 0.05) is 5.56 Å². The van der Waals surface area contributed by atoms with Crippen molar-refractivity contribution < 1.29 is 9.53 Å². The molecule has 0 radical (unpaired) electrons. The summed E-state index contributed by atoms with van der Waals surface area (Å²) in [4.78, 5) is 17.0. The molecule has 0 fully saturated rings. The van der Waals surface area contributed by atoms with E-state index in [1.54, 1.807) is 12.1 Å². The molecule has 29 heavy (non-hydrogen) atoms. The van der Waals surface area contributed by atoms with Crippen LogP contribution in [0.5, 0.6) is 5.75 Å². The number of pyridine rings is 1. The average Bonchev–Trinajstić information content (AvgIpc) is 2.74. The fourth-order valence-corrected chi connectivity index (χ4v) is 3.46. The zero-order chi connectivity index (χ0) is 20.6. The number of rotatable bonds is 7. The Bertz CT molecular complexity index is 1040. The maximum atomic E-state index is 12.4. The molecule has 0 saturated heterocycles. The molecule has 6 heteroatoms. The third-order valence-corrected chi connectivity index (χ3v) is 5.12. The highest BCUT2D eigenvalue weighted by atomic mass is 32.2. The van der Waals surface area contributed by atoms with Gasteiger partial charge in [0.2, 0.25) is 5.91 Å². The van der Waals surface area contributed by atoms with Gasteiger partial charge in [0.1, 0.15) is 16.8 Å². The predicted octanol–water partition coefficient (Wildman–Crippen LogP) is 5.06. The van der Waals surface area contributed by atoms with Crippen LogP contribution in [0.4, 0.5) is 5.69 Å². The van der Waals surface area contributed by atoms with Crippen LogP contribution >= 0.6 is 11.8 Å². The van der Waals surface area contributed by atoms with Crippen LogP contribution in [-0.2, 0) is 4.79 Å². The summed E-state index contributed by atoms with van der Waals surface area (Å²) in [6, 6.07) is 21.0. The van der Waals surface area contributed by atoms with Crippen molar-refractivity contribution in [1.82, 2.24) is 4.98 Å². The Hall–Kier alpha value is -3.30. The molecule has 0 aliphatic heterocycles. The number of carbonyl (C=O) groups excluding carboxylic acids is 1. The Morgan fingerprint density at radius 2 is 1.90 bits per heavy atom. The molecular weight excluding hydrogens is 382 g/mol. The molecule has 5 nitrogen and oxygen atoms in total. The fourth-order valence-electron chi connectivity index (χ4n) is 2.69. The predicted molar refractivity (Wildman–Crippen MR) is 116 cm³/mol. The van der Waals surface area contributed by atoms with Crippen LogP contribution in [0.3, 0.4) is 0 Å². The number of hydrogen-bond donors (Lipinski definition) is 1. The van der Waals surface area contributed by atoms with Crippen LogP contribution in [-0.4, -0.2) is 23.3 Å². The van der Waals surface area contributed by atoms with Crippen molar-refractivity contribution in [3.8, 4) is 23.1 Å². The van der Waals surface area contributed by atoms with Crippen LogP contribution in [0.25, 0.3) is 11.3 Å². The number of amides is 1. The summed E-state index contributed by atoms with van der Waals surface area (Å²) in [6.07, 6.45) is 0. The lowest BCUT2D eigenvalue weighted by Gasteiger charge is -2.11. The average molecular weight is 404 g/mol. The van der Waals surface area contributed by atoms with Crippen molar-refractivity contribution >= 4 is 23.4 Å². The second-order valence-corrected chi connectivity index (χ2v) is 7.26. The molecular formula is C23H21N3O2S. The number of nitrogens with zero attached hydrogens (tertiary/aromatic N) is 2. The number of carbonyl (C=O) groups is 1. The Kier molecular flexibility index (Phi) is 6.88. The van der Waals surface area contributed by atoms with E-state index in [4.69, 9.17) is 4.74 Å². The van der Waals surface area contributed by atoms with Crippen LogP contribution in [0.1, 0.15) is 18.1 Å². The molecule has 0 aliphatic rings. The van der Waals surface area contributed by atoms with E-state index in [2.05, 4.69) is 16.4 Å². The van der Waals surface area contributed by atoms with Gasteiger partial charge < -0.3 is 10.1 Å². The quantitative estimate of drug-likeness (QED) is 0.558. The van der Waals surface area contributed by atoms with E-state index in [-0.39, 0.29) is 11.7 Å². The van der Waals surface area contributed by atoms with E-state index in [1.807, 2.05) is 62.4 Å². The van der Waals surface area contributed by atoms with Crippen LogP contribution in [0.15, 0.2) is 65.7 Å². The highest BCUT2D eigenvalue weighted by Crippen LogP contribution is 2.27. The molecule has 2 aromatic carbocycles. The molecule has 0 bridgehead atoms. The number of para-hydroxylation sites is 2. The second-order valence-electron chi connectivity index (χ2n) is 6.29. The van der Waals surface area contributed by atoms with Gasteiger partial charge in [-0.05, 0) is 38.1 Å². The number of ether oxygens (including phenoxy) is 1. The van der Waals surface area contributed by atoms with Crippen molar-refractivity contribution in [3.05, 3.63) is 71.8 Å². The number of hydrogen-bond acceptors (Lipinski definition) is 5. The summed E-state index contributed by atoms with van der Waals surface area (Å²) < 4.78 is 5.53. The van der Waals surface area contributed by atoms with Gasteiger partial charge in [0.25, 0.3) is 0 Å². The lowest BCUT2D eigenvalue weighted by atomic mass is 10.1. The van der Waals surface area contributed by atoms with E-state index >= 15 is 0 Å².